The van der Waals surface area contributed by atoms with Crippen LogP contribution in [0.3, 0.4) is 0 Å². The van der Waals surface area contributed by atoms with Gasteiger partial charge in [0.05, 0.1) is 25.4 Å². The van der Waals surface area contributed by atoms with E-state index in [4.69, 9.17) is 4.74 Å². The van der Waals surface area contributed by atoms with Crippen molar-refractivity contribution < 1.29 is 24.5 Å². The third-order valence-corrected chi connectivity index (χ3v) is 17.6. The van der Waals surface area contributed by atoms with Gasteiger partial charge in [-0.05, 0) is 32.1 Å². The maximum atomic E-state index is 12.5. The number of nitrogens with one attached hydrogen (secondary N) is 1. The van der Waals surface area contributed by atoms with E-state index >= 15 is 0 Å². The Bertz CT molecular complexity index is 1210. The summed E-state index contributed by atoms with van der Waals surface area (Å²) in [7, 11) is 0. The largest absolute Gasteiger partial charge is 0.466 e. The van der Waals surface area contributed by atoms with Crippen molar-refractivity contribution in [1.82, 2.24) is 5.32 Å². The van der Waals surface area contributed by atoms with Crippen molar-refractivity contribution >= 4 is 11.9 Å². The van der Waals surface area contributed by atoms with Crippen LogP contribution in [0, 0.1) is 0 Å². The molecule has 2 unspecified atom stereocenters. The number of carbonyl (C=O) groups is 2. The van der Waals surface area contributed by atoms with Crippen molar-refractivity contribution in [1.29, 1.82) is 0 Å². The molecule has 0 heterocycles. The normalized spacial score (nSPS) is 12.5. The first-order valence-electron chi connectivity index (χ1n) is 37.0. The van der Waals surface area contributed by atoms with E-state index in [1.807, 2.05) is 6.08 Å². The van der Waals surface area contributed by atoms with Crippen LogP contribution < -0.4 is 5.32 Å². The number of amides is 1. The molecular formula is C74H145NO5. The first-order chi connectivity index (χ1) is 39.5. The zero-order valence-electron chi connectivity index (χ0n) is 54.6. The molecule has 0 radical (unpaired) electrons. The fraction of sp³-hybridized carbons (Fsp3) is 0.946. The van der Waals surface area contributed by atoms with Crippen molar-refractivity contribution in [3.8, 4) is 0 Å². The van der Waals surface area contributed by atoms with Crippen LogP contribution in [0.2, 0.25) is 0 Å². The van der Waals surface area contributed by atoms with Crippen molar-refractivity contribution in [3.05, 3.63) is 12.2 Å². The standard InChI is InChI=1S/C74H145NO5/c1-3-5-7-9-11-13-15-16-17-18-19-20-21-28-31-34-37-40-43-47-50-54-58-62-66-72(77)71(70-76)75-73(78)67-63-59-55-51-48-44-41-38-35-32-29-26-24-22-23-25-27-30-33-36-39-42-45-49-53-57-61-65-69-80-74(79)68-64-60-56-52-46-14-12-10-8-6-4-2/h62,66,71-72,76-77H,3-61,63-65,67-70H2,1-2H3,(H,75,78)/b66-62+. The van der Waals surface area contributed by atoms with Gasteiger partial charge in [0.15, 0.2) is 0 Å². The summed E-state index contributed by atoms with van der Waals surface area (Å²) in [5, 5.41) is 23.3. The maximum Gasteiger partial charge on any atom is 0.305 e. The lowest BCUT2D eigenvalue weighted by atomic mass is 10.0. The molecule has 476 valence electrons. The average Bonchev–Trinajstić information content (AvgIpc) is 3.46. The molecular weight excluding hydrogens is 983 g/mol. The summed E-state index contributed by atoms with van der Waals surface area (Å²) in [5.41, 5.74) is 0. The summed E-state index contributed by atoms with van der Waals surface area (Å²) in [6.07, 6.45) is 87.4. The summed E-state index contributed by atoms with van der Waals surface area (Å²) in [5.74, 6) is -0.0403. The molecule has 0 fully saturated rings. The number of allylic oxidation sites excluding steroid dienone is 1. The lowest BCUT2D eigenvalue weighted by Gasteiger charge is -2.20. The molecule has 1 amide bonds. The Kier molecular flexibility index (Phi) is 68.9. The number of carbonyl (C=O) groups excluding carboxylic acids is 2. The minimum atomic E-state index is -0.843. The van der Waals surface area contributed by atoms with Crippen LogP contribution in [0.15, 0.2) is 12.2 Å². The van der Waals surface area contributed by atoms with Crippen LogP contribution in [0.5, 0.6) is 0 Å². The average molecular weight is 1130 g/mol. The van der Waals surface area contributed by atoms with Gasteiger partial charge >= 0.3 is 5.97 Å². The fourth-order valence-electron chi connectivity index (χ4n) is 11.9. The number of unbranched alkanes of at least 4 members (excludes halogenated alkanes) is 59. The van der Waals surface area contributed by atoms with Gasteiger partial charge in [0.25, 0.3) is 0 Å². The van der Waals surface area contributed by atoms with E-state index in [2.05, 4.69) is 19.2 Å². The molecule has 6 heteroatoms. The van der Waals surface area contributed by atoms with E-state index in [-0.39, 0.29) is 18.5 Å². The molecule has 3 N–H and O–H groups in total. The Morgan fingerprint density at radius 2 is 0.575 bits per heavy atom. The molecule has 0 saturated carbocycles. The van der Waals surface area contributed by atoms with Crippen LogP contribution in [0.25, 0.3) is 0 Å². The molecule has 0 aliphatic heterocycles. The number of esters is 1. The SMILES string of the molecule is CCCCCCCCCCCCCCCCCCCCCCCC/C=C/C(O)C(CO)NC(=O)CCCCCCCCCCCCCCCCCCCCCCCCCCCCCCOC(=O)CCCCCCCCCCCCC. The van der Waals surface area contributed by atoms with Crippen molar-refractivity contribution in [3.63, 3.8) is 0 Å². The van der Waals surface area contributed by atoms with E-state index in [9.17, 15) is 19.8 Å². The van der Waals surface area contributed by atoms with Gasteiger partial charge in [-0.1, -0.05) is 392 Å². The predicted octanol–water partition coefficient (Wildman–Crippen LogP) is 23.9. The zero-order valence-corrected chi connectivity index (χ0v) is 54.6. The zero-order chi connectivity index (χ0) is 57.8. The number of hydrogen-bond donors (Lipinski definition) is 3. The number of rotatable bonds is 70. The van der Waals surface area contributed by atoms with Gasteiger partial charge in [0.1, 0.15) is 0 Å². The van der Waals surface area contributed by atoms with Gasteiger partial charge in [0, 0.05) is 12.8 Å². The molecule has 0 saturated heterocycles. The summed E-state index contributed by atoms with van der Waals surface area (Å²) < 4.78 is 5.48. The molecule has 6 nitrogen and oxygen atoms in total. The second kappa shape index (κ2) is 70.1. The fourth-order valence-corrected chi connectivity index (χ4v) is 11.9. The van der Waals surface area contributed by atoms with E-state index in [0.717, 1.165) is 38.5 Å². The smallest absolute Gasteiger partial charge is 0.305 e. The van der Waals surface area contributed by atoms with Gasteiger partial charge in [-0.2, -0.15) is 0 Å². The number of aliphatic hydroxyl groups is 2. The predicted molar refractivity (Wildman–Crippen MR) is 352 cm³/mol. The molecule has 0 bridgehead atoms. The second-order valence-electron chi connectivity index (χ2n) is 25.6. The second-order valence-corrected chi connectivity index (χ2v) is 25.6. The first kappa shape index (κ1) is 78.6. The molecule has 2 atom stereocenters. The number of hydrogen-bond acceptors (Lipinski definition) is 5. The molecule has 0 rings (SSSR count). The van der Waals surface area contributed by atoms with E-state index in [0.29, 0.717) is 19.4 Å². The quantitative estimate of drug-likeness (QED) is 0.0320. The molecule has 0 aromatic carbocycles. The van der Waals surface area contributed by atoms with Gasteiger partial charge in [-0.25, -0.2) is 0 Å². The van der Waals surface area contributed by atoms with Crippen molar-refractivity contribution in [2.24, 2.45) is 0 Å². The molecule has 0 aliphatic rings. The summed E-state index contributed by atoms with van der Waals surface area (Å²) in [6.45, 7) is 4.95. The lowest BCUT2D eigenvalue weighted by Crippen LogP contribution is -2.45. The highest BCUT2D eigenvalue weighted by molar-refractivity contribution is 5.76. The van der Waals surface area contributed by atoms with Crippen molar-refractivity contribution in [2.45, 2.75) is 437 Å². The minimum absolute atomic E-state index is 0.0192. The Balaban J connectivity index is 3.37. The van der Waals surface area contributed by atoms with Crippen LogP contribution in [-0.4, -0.2) is 47.4 Å². The summed E-state index contributed by atoms with van der Waals surface area (Å²) in [4.78, 5) is 24.6. The highest BCUT2D eigenvalue weighted by Crippen LogP contribution is 2.20. The number of aliphatic hydroxyl groups excluding tert-OH is 2. The van der Waals surface area contributed by atoms with Gasteiger partial charge in [-0.15, -0.1) is 0 Å². The van der Waals surface area contributed by atoms with Crippen LogP contribution in [0.4, 0.5) is 0 Å². The van der Waals surface area contributed by atoms with Crippen LogP contribution in [0.1, 0.15) is 425 Å². The summed E-state index contributed by atoms with van der Waals surface area (Å²) in [6, 6.07) is -0.626. The molecule has 0 aromatic rings. The Hall–Kier alpha value is -1.40. The van der Waals surface area contributed by atoms with Gasteiger partial charge < -0.3 is 20.3 Å². The number of ether oxygens (including phenoxy) is 1. The Labute approximate surface area is 501 Å². The van der Waals surface area contributed by atoms with E-state index in [1.165, 1.54) is 360 Å². The van der Waals surface area contributed by atoms with Gasteiger partial charge in [0.2, 0.25) is 5.91 Å². The molecule has 0 spiro atoms. The molecule has 0 aromatic heterocycles. The highest BCUT2D eigenvalue weighted by Gasteiger charge is 2.18. The van der Waals surface area contributed by atoms with Crippen LogP contribution >= 0.6 is 0 Å². The van der Waals surface area contributed by atoms with Crippen molar-refractivity contribution in [2.75, 3.05) is 13.2 Å². The van der Waals surface area contributed by atoms with E-state index in [1.54, 1.807) is 6.08 Å². The van der Waals surface area contributed by atoms with E-state index < -0.39 is 12.1 Å². The first-order valence-corrected chi connectivity index (χ1v) is 37.0. The lowest BCUT2D eigenvalue weighted by molar-refractivity contribution is -0.143. The molecule has 80 heavy (non-hydrogen) atoms. The minimum Gasteiger partial charge on any atom is -0.466 e. The van der Waals surface area contributed by atoms with Gasteiger partial charge in [-0.3, -0.25) is 9.59 Å². The summed E-state index contributed by atoms with van der Waals surface area (Å²) >= 11 is 0. The van der Waals surface area contributed by atoms with Crippen LogP contribution in [-0.2, 0) is 14.3 Å². The third kappa shape index (κ3) is 65.7. The third-order valence-electron chi connectivity index (χ3n) is 17.6. The Morgan fingerprint density at radius 1 is 0.338 bits per heavy atom. The Morgan fingerprint density at radius 3 is 0.850 bits per heavy atom. The molecule has 0 aliphatic carbocycles. The maximum absolute atomic E-state index is 12.5. The topological polar surface area (TPSA) is 95.9 Å². The monoisotopic (exact) mass is 1130 g/mol. The highest BCUT2D eigenvalue weighted by atomic mass is 16.5.